The van der Waals surface area contributed by atoms with Crippen molar-refractivity contribution in [1.82, 2.24) is 15.1 Å². The van der Waals surface area contributed by atoms with Crippen LogP contribution in [0.15, 0.2) is 0 Å². The molecule has 1 aliphatic carbocycles. The molecule has 0 aromatic heterocycles. The second kappa shape index (κ2) is 5.17. The van der Waals surface area contributed by atoms with Crippen LogP contribution in [0.3, 0.4) is 0 Å². The quantitative estimate of drug-likeness (QED) is 0.739. The highest BCUT2D eigenvalue weighted by molar-refractivity contribution is 5.82. The minimum Gasteiger partial charge on any atom is -0.340 e. The molecule has 0 spiro atoms. The number of hydrogen-bond donors (Lipinski definition) is 1. The van der Waals surface area contributed by atoms with Crippen LogP contribution in [0.25, 0.3) is 0 Å². The number of amides is 1. The molecule has 4 heteroatoms. The molecule has 3 aliphatic rings. The van der Waals surface area contributed by atoms with E-state index in [1.807, 2.05) is 0 Å². The van der Waals surface area contributed by atoms with Gasteiger partial charge in [0.1, 0.15) is 0 Å². The van der Waals surface area contributed by atoms with Crippen LogP contribution in [0.4, 0.5) is 0 Å². The Hall–Kier alpha value is -0.610. The van der Waals surface area contributed by atoms with E-state index in [2.05, 4.69) is 22.2 Å². The SMILES string of the molecule is CN1CCCN(C(=O)C2NCC3CCCC32)CC1. The first-order valence-electron chi connectivity index (χ1n) is 7.46. The first-order valence-corrected chi connectivity index (χ1v) is 7.46. The second-order valence-electron chi connectivity index (χ2n) is 6.22. The standard InChI is InChI=1S/C14H25N3O/c1-16-6-3-7-17(9-8-16)14(18)13-12-5-2-4-11(12)10-15-13/h11-13,15H,2-10H2,1H3. The fraction of sp³-hybridized carbons (Fsp3) is 0.929. The number of likely N-dealkylation sites (N-methyl/N-ethyl adjacent to an activating group) is 1. The van der Waals surface area contributed by atoms with Gasteiger partial charge in [0, 0.05) is 19.6 Å². The molecule has 1 amide bonds. The van der Waals surface area contributed by atoms with Gasteiger partial charge in [-0.2, -0.15) is 0 Å². The second-order valence-corrected chi connectivity index (χ2v) is 6.22. The summed E-state index contributed by atoms with van der Waals surface area (Å²) in [6, 6.07) is 0.126. The van der Waals surface area contributed by atoms with Crippen LogP contribution in [-0.2, 0) is 4.79 Å². The Kier molecular flexibility index (Phi) is 3.57. The van der Waals surface area contributed by atoms with Crippen molar-refractivity contribution in [3.05, 3.63) is 0 Å². The molecule has 4 nitrogen and oxygen atoms in total. The normalized spacial score (nSPS) is 37.6. The van der Waals surface area contributed by atoms with Gasteiger partial charge in [0.15, 0.2) is 0 Å². The number of fused-ring (bicyclic) bond motifs is 1. The van der Waals surface area contributed by atoms with E-state index in [9.17, 15) is 4.79 Å². The molecule has 0 radical (unpaired) electrons. The van der Waals surface area contributed by atoms with E-state index < -0.39 is 0 Å². The zero-order chi connectivity index (χ0) is 12.5. The summed E-state index contributed by atoms with van der Waals surface area (Å²) in [6.07, 6.45) is 5.01. The fourth-order valence-electron chi connectivity index (χ4n) is 3.92. The van der Waals surface area contributed by atoms with Crippen LogP contribution in [-0.4, -0.2) is 61.5 Å². The van der Waals surface area contributed by atoms with Gasteiger partial charge in [-0.1, -0.05) is 6.42 Å². The third-order valence-electron chi connectivity index (χ3n) is 5.04. The summed E-state index contributed by atoms with van der Waals surface area (Å²) in [7, 11) is 2.15. The van der Waals surface area contributed by atoms with Gasteiger partial charge in [0.25, 0.3) is 0 Å². The van der Waals surface area contributed by atoms with E-state index in [-0.39, 0.29) is 6.04 Å². The summed E-state index contributed by atoms with van der Waals surface area (Å²) in [5, 5.41) is 3.48. The zero-order valence-corrected chi connectivity index (χ0v) is 11.4. The van der Waals surface area contributed by atoms with E-state index in [1.165, 1.54) is 19.3 Å². The maximum atomic E-state index is 12.6. The molecule has 2 saturated heterocycles. The largest absolute Gasteiger partial charge is 0.340 e. The Morgan fingerprint density at radius 1 is 1.11 bits per heavy atom. The van der Waals surface area contributed by atoms with Crippen LogP contribution in [0, 0.1) is 11.8 Å². The molecule has 1 saturated carbocycles. The van der Waals surface area contributed by atoms with Crippen molar-refractivity contribution in [2.45, 2.75) is 31.7 Å². The van der Waals surface area contributed by atoms with Crippen molar-refractivity contribution in [2.24, 2.45) is 11.8 Å². The van der Waals surface area contributed by atoms with E-state index in [1.54, 1.807) is 0 Å². The summed E-state index contributed by atoms with van der Waals surface area (Å²) in [4.78, 5) is 17.1. The Bertz CT molecular complexity index is 320. The van der Waals surface area contributed by atoms with Crippen LogP contribution in [0.2, 0.25) is 0 Å². The van der Waals surface area contributed by atoms with Crippen LogP contribution in [0.1, 0.15) is 25.7 Å². The predicted molar refractivity (Wildman–Crippen MR) is 71.3 cm³/mol. The summed E-state index contributed by atoms with van der Waals surface area (Å²) >= 11 is 0. The average Bonchev–Trinajstić information content (AvgIpc) is 2.89. The summed E-state index contributed by atoms with van der Waals surface area (Å²) in [6.45, 7) is 5.05. The number of hydrogen-bond acceptors (Lipinski definition) is 3. The van der Waals surface area contributed by atoms with Crippen LogP contribution < -0.4 is 5.32 Å². The molecule has 3 unspecified atom stereocenters. The molecular weight excluding hydrogens is 226 g/mol. The Balaban J connectivity index is 1.63. The highest BCUT2D eigenvalue weighted by Crippen LogP contribution is 2.38. The van der Waals surface area contributed by atoms with Gasteiger partial charge in [-0.05, 0) is 51.2 Å². The molecule has 0 aromatic carbocycles. The van der Waals surface area contributed by atoms with Crippen molar-refractivity contribution in [3.63, 3.8) is 0 Å². The van der Waals surface area contributed by atoms with Gasteiger partial charge in [-0.3, -0.25) is 4.79 Å². The lowest BCUT2D eigenvalue weighted by Crippen LogP contribution is -2.47. The zero-order valence-electron chi connectivity index (χ0n) is 11.4. The molecule has 18 heavy (non-hydrogen) atoms. The molecule has 0 aromatic rings. The van der Waals surface area contributed by atoms with Crippen molar-refractivity contribution >= 4 is 5.91 Å². The molecular formula is C14H25N3O. The van der Waals surface area contributed by atoms with E-state index in [0.29, 0.717) is 11.8 Å². The summed E-state index contributed by atoms with van der Waals surface area (Å²) in [5.74, 6) is 1.77. The smallest absolute Gasteiger partial charge is 0.240 e. The minimum absolute atomic E-state index is 0.126. The molecule has 3 rings (SSSR count). The van der Waals surface area contributed by atoms with Crippen molar-refractivity contribution < 1.29 is 4.79 Å². The first-order chi connectivity index (χ1) is 8.75. The Morgan fingerprint density at radius 3 is 2.89 bits per heavy atom. The molecule has 2 heterocycles. The number of carbonyl (C=O) groups excluding carboxylic acids is 1. The number of nitrogens with one attached hydrogen (secondary N) is 1. The highest BCUT2D eigenvalue weighted by Gasteiger charge is 2.43. The summed E-state index contributed by atoms with van der Waals surface area (Å²) in [5.41, 5.74) is 0. The lowest BCUT2D eigenvalue weighted by atomic mass is 9.93. The molecule has 2 aliphatic heterocycles. The van der Waals surface area contributed by atoms with E-state index >= 15 is 0 Å². The first kappa shape index (κ1) is 12.4. The maximum absolute atomic E-state index is 12.6. The lowest BCUT2D eigenvalue weighted by molar-refractivity contribution is -0.134. The molecule has 0 bridgehead atoms. The topological polar surface area (TPSA) is 35.6 Å². The van der Waals surface area contributed by atoms with E-state index in [0.717, 1.165) is 45.1 Å². The maximum Gasteiger partial charge on any atom is 0.240 e. The van der Waals surface area contributed by atoms with Crippen molar-refractivity contribution in [1.29, 1.82) is 0 Å². The third kappa shape index (κ3) is 2.28. The minimum atomic E-state index is 0.126. The van der Waals surface area contributed by atoms with Crippen molar-refractivity contribution in [2.75, 3.05) is 39.8 Å². The molecule has 3 atom stereocenters. The van der Waals surface area contributed by atoms with Crippen molar-refractivity contribution in [3.8, 4) is 0 Å². The number of nitrogens with zero attached hydrogens (tertiary/aromatic N) is 2. The lowest BCUT2D eigenvalue weighted by Gasteiger charge is -2.26. The monoisotopic (exact) mass is 251 g/mol. The third-order valence-corrected chi connectivity index (χ3v) is 5.04. The van der Waals surface area contributed by atoms with Gasteiger partial charge in [-0.25, -0.2) is 0 Å². The van der Waals surface area contributed by atoms with Gasteiger partial charge in [0.05, 0.1) is 6.04 Å². The highest BCUT2D eigenvalue weighted by atomic mass is 16.2. The molecule has 3 fully saturated rings. The van der Waals surface area contributed by atoms with Crippen LogP contribution >= 0.6 is 0 Å². The van der Waals surface area contributed by atoms with Gasteiger partial charge < -0.3 is 15.1 Å². The summed E-state index contributed by atoms with van der Waals surface area (Å²) < 4.78 is 0. The average molecular weight is 251 g/mol. The van der Waals surface area contributed by atoms with E-state index in [4.69, 9.17) is 0 Å². The van der Waals surface area contributed by atoms with Gasteiger partial charge >= 0.3 is 0 Å². The van der Waals surface area contributed by atoms with Gasteiger partial charge in [0.2, 0.25) is 5.91 Å². The Morgan fingerprint density at radius 2 is 2.00 bits per heavy atom. The fourth-order valence-corrected chi connectivity index (χ4v) is 3.92. The number of rotatable bonds is 1. The molecule has 102 valence electrons. The Labute approximate surface area is 110 Å². The van der Waals surface area contributed by atoms with Crippen LogP contribution in [0.5, 0.6) is 0 Å². The molecule has 1 N–H and O–H groups in total. The van der Waals surface area contributed by atoms with Gasteiger partial charge in [-0.15, -0.1) is 0 Å². The number of carbonyl (C=O) groups is 1. The predicted octanol–water partition coefficient (Wildman–Crippen LogP) is 0.539.